The molecule has 0 aromatic carbocycles. The normalized spacial score (nSPS) is 23.9. The van der Waals surface area contributed by atoms with Gasteiger partial charge in [-0.2, -0.15) is 9.04 Å². The number of unbranched alkanes of at least 4 members (excludes halogenated alkanes) is 1. The maximum atomic E-state index is 13.3. The number of β-amino-alcohol motifs (C(OH)–C–C–N with tert-alkyl or cyclic N) is 1. The monoisotopic (exact) mass is 580 g/mol. The Labute approximate surface area is 239 Å². The van der Waals surface area contributed by atoms with Crippen LogP contribution in [0.1, 0.15) is 97.8 Å². The molecular formula is C29H48N4O6S. The average Bonchev–Trinajstić information content (AvgIpc) is 3.05. The number of pyridine rings is 1. The third-order valence-electron chi connectivity index (χ3n) is 8.26. The summed E-state index contributed by atoms with van der Waals surface area (Å²) in [6.07, 6.45) is 11.0. The number of sulfonamides is 1. The van der Waals surface area contributed by atoms with Crippen molar-refractivity contribution in [1.82, 2.24) is 14.9 Å². The summed E-state index contributed by atoms with van der Waals surface area (Å²) in [7, 11) is -4.16. The zero-order valence-corrected chi connectivity index (χ0v) is 25.1. The van der Waals surface area contributed by atoms with Crippen molar-refractivity contribution in [3.63, 3.8) is 0 Å². The van der Waals surface area contributed by atoms with Gasteiger partial charge >= 0.3 is 15.0 Å². The molecule has 0 bridgehead atoms. The Balaban J connectivity index is 1.57. The van der Waals surface area contributed by atoms with E-state index in [1.54, 1.807) is 6.92 Å². The van der Waals surface area contributed by atoms with Gasteiger partial charge in [0.15, 0.2) is 6.20 Å². The number of hydrogen-bond acceptors (Lipinski definition) is 6. The molecule has 1 aliphatic heterocycles. The summed E-state index contributed by atoms with van der Waals surface area (Å²) in [5, 5.41) is 28.5. The number of aliphatic hydroxyl groups is 1. The number of aromatic nitrogens is 1. The Morgan fingerprint density at radius 3 is 2.52 bits per heavy atom. The number of hydrogen-bond donors (Lipinski definition) is 3. The van der Waals surface area contributed by atoms with Crippen LogP contribution in [0.3, 0.4) is 0 Å². The summed E-state index contributed by atoms with van der Waals surface area (Å²) in [5.41, 5.74) is 0. The summed E-state index contributed by atoms with van der Waals surface area (Å²) in [6, 6.07) is 2.25. The van der Waals surface area contributed by atoms with Crippen molar-refractivity contribution in [3.05, 3.63) is 29.6 Å². The highest BCUT2D eigenvalue weighted by Gasteiger charge is 2.40. The average molecular weight is 581 g/mol. The van der Waals surface area contributed by atoms with E-state index in [1.807, 2.05) is 13.8 Å². The fraction of sp³-hybridized carbons (Fsp3) is 0.759. The Kier molecular flexibility index (Phi) is 12.2. The molecule has 11 heteroatoms. The van der Waals surface area contributed by atoms with Crippen LogP contribution in [0.2, 0.25) is 0 Å². The highest BCUT2D eigenvalue weighted by atomic mass is 32.2. The van der Waals surface area contributed by atoms with Crippen molar-refractivity contribution in [2.45, 2.75) is 127 Å². The number of aliphatic hydroxyl groups excluding tert-OH is 1. The molecule has 4 atom stereocenters. The lowest BCUT2D eigenvalue weighted by Crippen LogP contribution is -2.54. The Morgan fingerprint density at radius 2 is 1.85 bits per heavy atom. The molecule has 2 heterocycles. The lowest BCUT2D eigenvalue weighted by atomic mass is 9.85. The predicted molar refractivity (Wildman–Crippen MR) is 152 cm³/mol. The van der Waals surface area contributed by atoms with E-state index < -0.39 is 39.3 Å². The van der Waals surface area contributed by atoms with Crippen molar-refractivity contribution < 1.29 is 27.8 Å². The van der Waals surface area contributed by atoms with Crippen LogP contribution < -0.4 is 15.4 Å². The highest BCUT2D eigenvalue weighted by Crippen LogP contribution is 2.28. The number of carbonyl (C=O) groups excluding carboxylic acids is 2. The molecule has 3 N–H and O–H groups in total. The summed E-state index contributed by atoms with van der Waals surface area (Å²) in [6.45, 7) is 5.43. The fourth-order valence-corrected chi connectivity index (χ4v) is 7.64. The van der Waals surface area contributed by atoms with Crippen molar-refractivity contribution in [3.8, 4) is 0 Å². The largest absolute Gasteiger partial charge is 0.618 e. The molecule has 3 rings (SSSR count). The van der Waals surface area contributed by atoms with Gasteiger partial charge in [0.2, 0.25) is 11.8 Å². The smallest absolute Gasteiger partial charge is 0.323 e. The van der Waals surface area contributed by atoms with E-state index in [2.05, 4.69) is 10.6 Å². The Hall–Kier alpha value is -2.24. The van der Waals surface area contributed by atoms with Crippen molar-refractivity contribution in [2.75, 3.05) is 6.54 Å². The number of carbonyl (C=O) groups is 2. The molecule has 1 aromatic heterocycles. The quantitative estimate of drug-likeness (QED) is 0.197. The molecular weight excluding hydrogens is 532 g/mol. The van der Waals surface area contributed by atoms with E-state index in [1.165, 1.54) is 50.3 Å². The predicted octanol–water partition coefficient (Wildman–Crippen LogP) is 3.01. The van der Waals surface area contributed by atoms with E-state index in [0.29, 0.717) is 30.4 Å². The zero-order chi connectivity index (χ0) is 29.3. The van der Waals surface area contributed by atoms with E-state index in [0.717, 1.165) is 35.7 Å². The van der Waals surface area contributed by atoms with E-state index >= 15 is 0 Å². The number of amides is 2. The van der Waals surface area contributed by atoms with Gasteiger partial charge in [-0.05, 0) is 50.5 Å². The molecule has 1 saturated carbocycles. The lowest BCUT2D eigenvalue weighted by Gasteiger charge is -2.28. The molecule has 1 aliphatic carbocycles. The second-order valence-corrected chi connectivity index (χ2v) is 13.9. The van der Waals surface area contributed by atoms with Crippen molar-refractivity contribution in [1.29, 1.82) is 0 Å². The van der Waals surface area contributed by atoms with Crippen LogP contribution in [0.15, 0.2) is 29.4 Å². The molecule has 0 unspecified atom stereocenters. The van der Waals surface area contributed by atoms with E-state index in [-0.39, 0.29) is 24.3 Å². The molecule has 10 nitrogen and oxygen atoms in total. The minimum atomic E-state index is -4.16. The van der Waals surface area contributed by atoms with E-state index in [4.69, 9.17) is 0 Å². The number of nitrogens with zero attached hydrogens (tertiary/aromatic N) is 2. The number of nitrogens with one attached hydrogen (secondary N) is 2. The first-order chi connectivity index (χ1) is 19.0. The van der Waals surface area contributed by atoms with Crippen molar-refractivity contribution >= 4 is 21.8 Å². The van der Waals surface area contributed by atoms with Gasteiger partial charge in [0.1, 0.15) is 6.04 Å². The first-order valence-corrected chi connectivity index (χ1v) is 16.4. The second kappa shape index (κ2) is 15.1. The molecule has 0 radical (unpaired) electrons. The summed E-state index contributed by atoms with van der Waals surface area (Å²) < 4.78 is 27.9. The van der Waals surface area contributed by atoms with Crippen LogP contribution in [-0.4, -0.2) is 60.4 Å². The Bertz CT molecular complexity index is 1080. The minimum absolute atomic E-state index is 0.148. The molecule has 226 valence electrons. The maximum Gasteiger partial charge on any atom is 0.323 e. The van der Waals surface area contributed by atoms with Gasteiger partial charge in [0, 0.05) is 31.1 Å². The zero-order valence-electron chi connectivity index (χ0n) is 24.3. The van der Waals surface area contributed by atoms with Crippen LogP contribution in [0.4, 0.5) is 0 Å². The topological polar surface area (TPSA) is 143 Å². The van der Waals surface area contributed by atoms with Gasteiger partial charge in [0.05, 0.1) is 12.1 Å². The number of rotatable bonds is 12. The third kappa shape index (κ3) is 9.14. The van der Waals surface area contributed by atoms with E-state index in [9.17, 15) is 28.3 Å². The van der Waals surface area contributed by atoms with Gasteiger partial charge in [-0.15, -0.1) is 0 Å². The highest BCUT2D eigenvalue weighted by molar-refractivity contribution is 7.89. The molecule has 1 aromatic rings. The van der Waals surface area contributed by atoms with Gasteiger partial charge in [-0.25, -0.2) is 8.42 Å². The molecule has 1 saturated heterocycles. The maximum absolute atomic E-state index is 13.3. The SMILES string of the molecule is CC(C)C[C@H](NC(=O)CCCCC1CCCCC1)C(=O)N[C@H]1CC[C@@H](C)N(S(=O)(=O)c2cccc[n+]2[O-])C[C@@H]1O. The van der Waals surface area contributed by atoms with Gasteiger partial charge in [-0.3, -0.25) is 9.59 Å². The molecule has 40 heavy (non-hydrogen) atoms. The van der Waals surface area contributed by atoms with Crippen LogP contribution in [0, 0.1) is 17.0 Å². The van der Waals surface area contributed by atoms with Gasteiger partial charge < -0.3 is 20.9 Å². The summed E-state index contributed by atoms with van der Waals surface area (Å²) in [4.78, 5) is 26.0. The third-order valence-corrected chi connectivity index (χ3v) is 10.2. The van der Waals surface area contributed by atoms with Gasteiger partial charge in [-0.1, -0.05) is 58.8 Å². The summed E-state index contributed by atoms with van der Waals surface area (Å²) >= 11 is 0. The van der Waals surface area contributed by atoms with Gasteiger partial charge in [0.25, 0.3) is 0 Å². The second-order valence-electron chi connectivity index (χ2n) is 12.0. The molecule has 2 amide bonds. The van der Waals surface area contributed by atoms with Crippen LogP contribution in [0.25, 0.3) is 0 Å². The molecule has 2 aliphatic rings. The van der Waals surface area contributed by atoms with Crippen LogP contribution in [-0.2, 0) is 19.6 Å². The summed E-state index contributed by atoms with van der Waals surface area (Å²) in [5.74, 6) is 0.416. The molecule has 0 spiro atoms. The van der Waals surface area contributed by atoms with Crippen LogP contribution >= 0.6 is 0 Å². The first kappa shape index (κ1) is 32.3. The minimum Gasteiger partial charge on any atom is -0.618 e. The van der Waals surface area contributed by atoms with Crippen LogP contribution in [0.5, 0.6) is 0 Å². The molecule has 2 fully saturated rings. The standard InChI is InChI=1S/C29H48N4O6S/c1-21(2)19-25(30-27(35)14-8-7-13-23-11-5-4-6-12-23)29(36)31-24-17-16-22(3)33(20-26(24)34)40(38,39)28-15-9-10-18-32(28)37/h9-10,15,18,21-26,34H,4-8,11-14,16-17,19-20H2,1-3H3,(H,30,35)(H,31,36)/t22-,24+,25+,26+/m1/s1. The Morgan fingerprint density at radius 1 is 1.12 bits per heavy atom. The van der Waals surface area contributed by atoms with Crippen molar-refractivity contribution in [2.24, 2.45) is 11.8 Å². The first-order valence-electron chi connectivity index (χ1n) is 15.0. The fourth-order valence-electron chi connectivity index (χ4n) is 5.93. The lowest BCUT2D eigenvalue weighted by molar-refractivity contribution is -0.646.